The van der Waals surface area contributed by atoms with Crippen molar-refractivity contribution in [3.63, 3.8) is 0 Å². The van der Waals surface area contributed by atoms with Crippen LogP contribution in [0.1, 0.15) is 33.3 Å². The second kappa shape index (κ2) is 7.49. The Kier molecular flexibility index (Phi) is 6.71. The van der Waals surface area contributed by atoms with E-state index in [2.05, 4.69) is 11.7 Å². The van der Waals surface area contributed by atoms with Crippen LogP contribution < -0.4 is 0 Å². The van der Waals surface area contributed by atoms with Crippen LogP contribution in [0.2, 0.25) is 0 Å². The van der Waals surface area contributed by atoms with Crippen LogP contribution in [0.3, 0.4) is 0 Å². The van der Waals surface area contributed by atoms with Gasteiger partial charge < -0.3 is 5.11 Å². The SMILES string of the molecule is C=Cc1cc2cn(C)nc2cc1O.CC.CC. The van der Waals surface area contributed by atoms with Crippen molar-refractivity contribution >= 4 is 17.0 Å². The number of benzene rings is 1. The third-order valence-corrected chi connectivity index (χ3v) is 1.99. The van der Waals surface area contributed by atoms with Crippen molar-refractivity contribution in [2.24, 2.45) is 7.05 Å². The van der Waals surface area contributed by atoms with Crippen LogP contribution in [-0.4, -0.2) is 14.9 Å². The smallest absolute Gasteiger partial charge is 0.125 e. The zero-order valence-corrected chi connectivity index (χ0v) is 11.4. The first kappa shape index (κ1) is 15.2. The summed E-state index contributed by atoms with van der Waals surface area (Å²) in [5.74, 6) is 0.223. The minimum atomic E-state index is 0.223. The number of hydrogen-bond acceptors (Lipinski definition) is 2. The summed E-state index contributed by atoms with van der Waals surface area (Å²) in [6, 6.07) is 3.51. The maximum atomic E-state index is 9.50. The van der Waals surface area contributed by atoms with Crippen molar-refractivity contribution in [2.45, 2.75) is 27.7 Å². The van der Waals surface area contributed by atoms with Crippen molar-refractivity contribution in [1.82, 2.24) is 9.78 Å². The van der Waals surface area contributed by atoms with E-state index in [-0.39, 0.29) is 5.75 Å². The first-order valence-corrected chi connectivity index (χ1v) is 5.99. The van der Waals surface area contributed by atoms with Crippen LogP contribution in [0.5, 0.6) is 5.75 Å². The molecule has 2 rings (SSSR count). The molecule has 17 heavy (non-hydrogen) atoms. The third-order valence-electron chi connectivity index (χ3n) is 1.99. The molecule has 0 bridgehead atoms. The number of phenols is 1. The molecule has 0 aliphatic heterocycles. The summed E-state index contributed by atoms with van der Waals surface area (Å²) in [5.41, 5.74) is 1.53. The molecule has 0 spiro atoms. The van der Waals surface area contributed by atoms with Gasteiger partial charge in [0.1, 0.15) is 5.75 Å². The lowest BCUT2D eigenvalue weighted by atomic mass is 10.1. The van der Waals surface area contributed by atoms with E-state index in [4.69, 9.17) is 0 Å². The number of aromatic hydroxyl groups is 1. The van der Waals surface area contributed by atoms with E-state index in [1.54, 1.807) is 16.8 Å². The van der Waals surface area contributed by atoms with Gasteiger partial charge in [0.25, 0.3) is 0 Å². The Labute approximate surface area is 103 Å². The molecular formula is C14H22N2O. The van der Waals surface area contributed by atoms with E-state index < -0.39 is 0 Å². The molecule has 0 unspecified atom stereocenters. The van der Waals surface area contributed by atoms with Crippen molar-refractivity contribution in [1.29, 1.82) is 0 Å². The molecule has 94 valence electrons. The van der Waals surface area contributed by atoms with E-state index in [0.29, 0.717) is 0 Å². The Hall–Kier alpha value is -1.77. The lowest BCUT2D eigenvalue weighted by Gasteiger charge is -1.96. The highest BCUT2D eigenvalue weighted by atomic mass is 16.3. The zero-order valence-electron chi connectivity index (χ0n) is 11.4. The maximum absolute atomic E-state index is 9.50. The fraction of sp³-hybridized carbons (Fsp3) is 0.357. The molecule has 0 atom stereocenters. The highest BCUT2D eigenvalue weighted by Crippen LogP contribution is 2.24. The predicted octanol–water partition coefficient (Wildman–Crippen LogP) is 3.97. The highest BCUT2D eigenvalue weighted by Gasteiger charge is 2.03. The van der Waals surface area contributed by atoms with E-state index in [1.165, 1.54) is 0 Å². The summed E-state index contributed by atoms with van der Waals surface area (Å²) in [4.78, 5) is 0. The van der Waals surface area contributed by atoms with Gasteiger partial charge in [-0.2, -0.15) is 5.10 Å². The van der Waals surface area contributed by atoms with Gasteiger partial charge in [0.15, 0.2) is 0 Å². The summed E-state index contributed by atoms with van der Waals surface area (Å²) in [7, 11) is 1.85. The molecule has 0 fully saturated rings. The topological polar surface area (TPSA) is 38.0 Å². The molecule has 0 aliphatic carbocycles. The van der Waals surface area contributed by atoms with Crippen molar-refractivity contribution in [3.8, 4) is 5.75 Å². The standard InChI is InChI=1S/C10H10N2O.2C2H6/c1-3-7-4-8-6-12(2)11-9(8)5-10(7)13;2*1-2/h3-6,13H,1H2,2H3;2*1-2H3. The number of phenolic OH excluding ortho intramolecular Hbond substituents is 1. The summed E-state index contributed by atoms with van der Waals surface area (Å²) < 4.78 is 1.72. The van der Waals surface area contributed by atoms with Gasteiger partial charge in [0.05, 0.1) is 5.52 Å². The Bertz CT molecular complexity index is 472. The van der Waals surface area contributed by atoms with E-state index in [1.807, 2.05) is 47.0 Å². The van der Waals surface area contributed by atoms with Crippen LogP contribution in [0.25, 0.3) is 17.0 Å². The van der Waals surface area contributed by atoms with Crippen LogP contribution in [0.15, 0.2) is 24.9 Å². The van der Waals surface area contributed by atoms with Crippen molar-refractivity contribution in [2.75, 3.05) is 0 Å². The molecule has 0 saturated heterocycles. The fourth-order valence-electron chi connectivity index (χ4n) is 1.37. The first-order valence-electron chi connectivity index (χ1n) is 5.99. The van der Waals surface area contributed by atoms with Gasteiger partial charge in [-0.15, -0.1) is 0 Å². The van der Waals surface area contributed by atoms with Gasteiger partial charge >= 0.3 is 0 Å². The summed E-state index contributed by atoms with van der Waals surface area (Å²) in [6.45, 7) is 11.6. The predicted molar refractivity (Wildman–Crippen MR) is 75.2 cm³/mol. The minimum absolute atomic E-state index is 0.223. The Morgan fingerprint density at radius 3 is 2.35 bits per heavy atom. The molecule has 3 nitrogen and oxygen atoms in total. The third kappa shape index (κ3) is 3.63. The molecule has 0 saturated carbocycles. The van der Waals surface area contributed by atoms with Gasteiger partial charge in [0, 0.05) is 30.3 Å². The molecule has 0 radical (unpaired) electrons. The zero-order chi connectivity index (χ0) is 13.4. The molecule has 1 N–H and O–H groups in total. The summed E-state index contributed by atoms with van der Waals surface area (Å²) in [5, 5.41) is 14.7. The number of fused-ring (bicyclic) bond motifs is 1. The van der Waals surface area contributed by atoms with Crippen LogP contribution >= 0.6 is 0 Å². The van der Waals surface area contributed by atoms with Crippen LogP contribution in [0.4, 0.5) is 0 Å². The molecule has 1 aromatic carbocycles. The Morgan fingerprint density at radius 1 is 1.24 bits per heavy atom. The lowest BCUT2D eigenvalue weighted by molar-refractivity contribution is 0.475. The Balaban J connectivity index is 0.000000581. The molecule has 0 aliphatic rings. The number of aryl methyl sites for hydroxylation is 1. The quantitative estimate of drug-likeness (QED) is 0.810. The van der Waals surface area contributed by atoms with Crippen LogP contribution in [-0.2, 0) is 7.05 Å². The van der Waals surface area contributed by atoms with Gasteiger partial charge in [0.2, 0.25) is 0 Å². The second-order valence-corrected chi connectivity index (χ2v) is 2.98. The fourth-order valence-corrected chi connectivity index (χ4v) is 1.37. The van der Waals surface area contributed by atoms with E-state index in [0.717, 1.165) is 16.5 Å². The average molecular weight is 234 g/mol. The molecule has 1 aromatic heterocycles. The monoisotopic (exact) mass is 234 g/mol. The number of rotatable bonds is 1. The van der Waals surface area contributed by atoms with Gasteiger partial charge in [-0.1, -0.05) is 40.3 Å². The van der Waals surface area contributed by atoms with Crippen molar-refractivity contribution < 1.29 is 5.11 Å². The second-order valence-electron chi connectivity index (χ2n) is 2.98. The molecular weight excluding hydrogens is 212 g/mol. The Morgan fingerprint density at radius 2 is 1.82 bits per heavy atom. The number of hydrogen-bond donors (Lipinski definition) is 1. The van der Waals surface area contributed by atoms with E-state index >= 15 is 0 Å². The maximum Gasteiger partial charge on any atom is 0.125 e. The lowest BCUT2D eigenvalue weighted by Crippen LogP contribution is -1.84. The largest absolute Gasteiger partial charge is 0.507 e. The van der Waals surface area contributed by atoms with Gasteiger partial charge in [-0.05, 0) is 6.07 Å². The summed E-state index contributed by atoms with van der Waals surface area (Å²) in [6.07, 6.45) is 3.53. The van der Waals surface area contributed by atoms with Gasteiger partial charge in [-0.3, -0.25) is 4.68 Å². The van der Waals surface area contributed by atoms with E-state index in [9.17, 15) is 5.11 Å². The molecule has 3 heteroatoms. The molecule has 1 heterocycles. The number of nitrogens with zero attached hydrogens (tertiary/aromatic N) is 2. The van der Waals surface area contributed by atoms with Gasteiger partial charge in [-0.25, -0.2) is 0 Å². The average Bonchev–Trinajstić information content (AvgIpc) is 2.72. The van der Waals surface area contributed by atoms with Crippen LogP contribution in [0, 0.1) is 0 Å². The first-order chi connectivity index (χ1) is 8.20. The van der Waals surface area contributed by atoms with Crippen molar-refractivity contribution in [3.05, 3.63) is 30.5 Å². The molecule has 0 amide bonds. The number of aromatic nitrogens is 2. The molecule has 2 aromatic rings. The normalized spacial score (nSPS) is 8.76. The highest BCUT2D eigenvalue weighted by molar-refractivity contribution is 5.83. The minimum Gasteiger partial charge on any atom is -0.507 e. The summed E-state index contributed by atoms with van der Waals surface area (Å²) >= 11 is 0.